The van der Waals surface area contributed by atoms with E-state index >= 15 is 0 Å². The molecular weight excluding hydrogens is 198 g/mol. The molecule has 82 valence electrons. The lowest BCUT2D eigenvalue weighted by molar-refractivity contribution is 1.14. The molecule has 3 heteroatoms. The van der Waals surface area contributed by atoms with E-state index in [0.717, 1.165) is 5.56 Å². The molecule has 2 rings (SSSR count). The average Bonchev–Trinajstić information content (AvgIpc) is 2.84. The van der Waals surface area contributed by atoms with Crippen molar-refractivity contribution in [1.82, 2.24) is 9.55 Å². The van der Waals surface area contributed by atoms with Gasteiger partial charge in [0.1, 0.15) is 0 Å². The summed E-state index contributed by atoms with van der Waals surface area (Å²) in [6.45, 7) is 3.53. The number of rotatable bonds is 2. The Kier molecular flexibility index (Phi) is 5.20. The van der Waals surface area contributed by atoms with E-state index in [-0.39, 0.29) is 0 Å². The van der Waals surface area contributed by atoms with Gasteiger partial charge >= 0.3 is 0 Å². The van der Waals surface area contributed by atoms with Crippen LogP contribution >= 0.6 is 0 Å². The zero-order valence-corrected chi connectivity index (χ0v) is 9.03. The fourth-order valence-corrected chi connectivity index (χ4v) is 1.05. The Hall–Kier alpha value is -2.29. The SMILES string of the molecule is C=Cn1ccnc1.NC=Cc1ccccc1. The highest BCUT2D eigenvalue weighted by atomic mass is 15.0. The van der Waals surface area contributed by atoms with Crippen molar-refractivity contribution >= 4 is 12.3 Å². The monoisotopic (exact) mass is 213 g/mol. The van der Waals surface area contributed by atoms with Gasteiger partial charge in [0, 0.05) is 18.6 Å². The standard InChI is InChI=1S/C8H9N.C5H6N2/c9-7-6-8-4-2-1-3-5-8;1-2-7-4-3-6-5-7/h1-7H,9H2;2-5H,1H2. The molecule has 0 saturated heterocycles. The Morgan fingerprint density at radius 2 is 2.00 bits per heavy atom. The Morgan fingerprint density at radius 3 is 2.44 bits per heavy atom. The molecule has 3 nitrogen and oxygen atoms in total. The highest BCUT2D eigenvalue weighted by Crippen LogP contribution is 1.98. The summed E-state index contributed by atoms with van der Waals surface area (Å²) >= 11 is 0. The van der Waals surface area contributed by atoms with Gasteiger partial charge in [0.15, 0.2) is 0 Å². The minimum atomic E-state index is 1.14. The third kappa shape index (κ3) is 4.28. The second kappa shape index (κ2) is 7.06. The average molecular weight is 213 g/mol. The molecule has 0 aliphatic heterocycles. The van der Waals surface area contributed by atoms with E-state index in [9.17, 15) is 0 Å². The number of imidazole rings is 1. The van der Waals surface area contributed by atoms with Crippen molar-refractivity contribution in [3.8, 4) is 0 Å². The van der Waals surface area contributed by atoms with E-state index in [1.54, 1.807) is 23.3 Å². The van der Waals surface area contributed by atoms with E-state index in [0.29, 0.717) is 0 Å². The van der Waals surface area contributed by atoms with Crippen molar-refractivity contribution in [3.63, 3.8) is 0 Å². The van der Waals surface area contributed by atoms with Gasteiger partial charge in [-0.3, -0.25) is 0 Å². The van der Waals surface area contributed by atoms with Crippen LogP contribution in [0.4, 0.5) is 0 Å². The van der Waals surface area contributed by atoms with Gasteiger partial charge in [0.2, 0.25) is 0 Å². The lowest BCUT2D eigenvalue weighted by Gasteiger charge is -1.86. The quantitative estimate of drug-likeness (QED) is 0.833. The van der Waals surface area contributed by atoms with Gasteiger partial charge in [-0.2, -0.15) is 0 Å². The summed E-state index contributed by atoms with van der Waals surface area (Å²) in [5.74, 6) is 0. The van der Waals surface area contributed by atoms with Gasteiger partial charge in [-0.05, 0) is 17.8 Å². The third-order valence-corrected chi connectivity index (χ3v) is 1.82. The maximum absolute atomic E-state index is 5.18. The first-order valence-corrected chi connectivity index (χ1v) is 4.90. The van der Waals surface area contributed by atoms with Gasteiger partial charge in [-0.25, -0.2) is 4.98 Å². The van der Waals surface area contributed by atoms with Gasteiger partial charge in [-0.15, -0.1) is 0 Å². The summed E-state index contributed by atoms with van der Waals surface area (Å²) in [6.07, 6.45) is 10.3. The van der Waals surface area contributed by atoms with Crippen molar-refractivity contribution < 1.29 is 0 Å². The van der Waals surface area contributed by atoms with Crippen LogP contribution in [0.2, 0.25) is 0 Å². The molecule has 0 atom stereocenters. The van der Waals surface area contributed by atoms with Crippen LogP contribution in [0.3, 0.4) is 0 Å². The molecule has 1 heterocycles. The predicted octanol–water partition coefficient (Wildman–Crippen LogP) is 2.60. The van der Waals surface area contributed by atoms with Crippen LogP contribution in [-0.2, 0) is 0 Å². The first-order chi connectivity index (χ1) is 7.86. The van der Waals surface area contributed by atoms with Gasteiger partial charge in [0.25, 0.3) is 0 Å². The Balaban J connectivity index is 0.000000165. The van der Waals surface area contributed by atoms with Crippen molar-refractivity contribution in [1.29, 1.82) is 0 Å². The number of benzene rings is 1. The van der Waals surface area contributed by atoms with E-state index in [1.807, 2.05) is 42.6 Å². The minimum Gasteiger partial charge on any atom is -0.405 e. The molecule has 0 spiro atoms. The highest BCUT2D eigenvalue weighted by Gasteiger charge is 1.77. The molecule has 0 fully saturated rings. The predicted molar refractivity (Wildman–Crippen MR) is 68.3 cm³/mol. The zero-order valence-electron chi connectivity index (χ0n) is 9.03. The number of nitrogens with two attached hydrogens (primary N) is 1. The molecule has 2 aromatic rings. The summed E-state index contributed by atoms with van der Waals surface area (Å²) in [5.41, 5.74) is 6.32. The van der Waals surface area contributed by atoms with Crippen LogP contribution in [0.5, 0.6) is 0 Å². The Morgan fingerprint density at radius 1 is 1.25 bits per heavy atom. The molecule has 0 unspecified atom stereocenters. The lowest BCUT2D eigenvalue weighted by Crippen LogP contribution is -1.75. The highest BCUT2D eigenvalue weighted by molar-refractivity contribution is 5.47. The van der Waals surface area contributed by atoms with E-state index in [2.05, 4.69) is 11.6 Å². The number of aromatic nitrogens is 2. The molecule has 1 aromatic heterocycles. The summed E-state index contributed by atoms with van der Waals surface area (Å²) < 4.78 is 1.78. The van der Waals surface area contributed by atoms with Crippen LogP contribution in [-0.4, -0.2) is 9.55 Å². The molecule has 0 amide bonds. The Labute approximate surface area is 95.6 Å². The van der Waals surface area contributed by atoms with Crippen LogP contribution < -0.4 is 5.73 Å². The molecule has 0 bridgehead atoms. The third-order valence-electron chi connectivity index (χ3n) is 1.82. The van der Waals surface area contributed by atoms with Crippen molar-refractivity contribution in [2.75, 3.05) is 0 Å². The number of hydrogen-bond acceptors (Lipinski definition) is 2. The first-order valence-electron chi connectivity index (χ1n) is 4.90. The minimum absolute atomic E-state index is 1.14. The van der Waals surface area contributed by atoms with Crippen molar-refractivity contribution in [3.05, 3.63) is 67.4 Å². The fourth-order valence-electron chi connectivity index (χ4n) is 1.05. The van der Waals surface area contributed by atoms with Crippen LogP contribution in [0.15, 0.2) is 61.8 Å². The molecule has 0 aliphatic carbocycles. The molecule has 2 N–H and O–H groups in total. The molecule has 16 heavy (non-hydrogen) atoms. The van der Waals surface area contributed by atoms with Gasteiger partial charge < -0.3 is 10.3 Å². The van der Waals surface area contributed by atoms with Crippen molar-refractivity contribution in [2.45, 2.75) is 0 Å². The Bertz CT molecular complexity index is 416. The molecule has 0 radical (unpaired) electrons. The van der Waals surface area contributed by atoms with Crippen LogP contribution in [0.1, 0.15) is 5.56 Å². The second-order valence-electron chi connectivity index (χ2n) is 2.96. The smallest absolute Gasteiger partial charge is 0.0986 e. The lowest BCUT2D eigenvalue weighted by atomic mass is 10.2. The van der Waals surface area contributed by atoms with Gasteiger partial charge in [0.05, 0.1) is 6.33 Å². The topological polar surface area (TPSA) is 43.8 Å². The first kappa shape index (κ1) is 11.8. The summed E-state index contributed by atoms with van der Waals surface area (Å²) in [4.78, 5) is 3.78. The van der Waals surface area contributed by atoms with E-state index < -0.39 is 0 Å². The summed E-state index contributed by atoms with van der Waals surface area (Å²) in [6, 6.07) is 9.95. The van der Waals surface area contributed by atoms with E-state index in [4.69, 9.17) is 5.73 Å². The fraction of sp³-hybridized carbons (Fsp3) is 0. The van der Waals surface area contributed by atoms with Crippen LogP contribution in [0.25, 0.3) is 12.3 Å². The second-order valence-corrected chi connectivity index (χ2v) is 2.96. The largest absolute Gasteiger partial charge is 0.405 e. The molecule has 0 saturated carbocycles. The number of hydrogen-bond donors (Lipinski definition) is 1. The van der Waals surface area contributed by atoms with E-state index in [1.165, 1.54) is 6.20 Å². The maximum atomic E-state index is 5.18. The van der Waals surface area contributed by atoms with Crippen molar-refractivity contribution in [2.24, 2.45) is 5.73 Å². The molecule has 0 aliphatic rings. The maximum Gasteiger partial charge on any atom is 0.0986 e. The molecule has 1 aromatic carbocycles. The van der Waals surface area contributed by atoms with Gasteiger partial charge in [-0.1, -0.05) is 36.9 Å². The molecular formula is C13H15N3. The number of nitrogens with zero attached hydrogens (tertiary/aromatic N) is 2. The summed E-state index contributed by atoms with van der Waals surface area (Å²) in [5, 5.41) is 0. The normalized spacial score (nSPS) is 9.50. The van der Waals surface area contributed by atoms with Crippen LogP contribution in [0, 0.1) is 0 Å². The summed E-state index contributed by atoms with van der Waals surface area (Å²) in [7, 11) is 0. The zero-order chi connectivity index (χ0) is 11.6.